The fraction of sp³-hybridized carbons (Fsp3) is 0.500. The van der Waals surface area contributed by atoms with Crippen molar-refractivity contribution in [3.8, 4) is 10.6 Å². The molecule has 4 saturated carbocycles. The molecule has 0 saturated heterocycles. The molecule has 4 bridgehead atoms. The van der Waals surface area contributed by atoms with Crippen molar-refractivity contribution in [3.05, 3.63) is 30.6 Å². The van der Waals surface area contributed by atoms with Gasteiger partial charge in [-0.25, -0.2) is 0 Å². The van der Waals surface area contributed by atoms with Gasteiger partial charge in [-0.2, -0.15) is 9.61 Å². The Morgan fingerprint density at radius 1 is 1.13 bits per heavy atom. The number of nitrogens with zero attached hydrogens (tertiary/aromatic N) is 4. The maximum Gasteiger partial charge on any atom is 0.234 e. The number of rotatable bonds is 4. The van der Waals surface area contributed by atoms with Crippen LogP contribution in [-0.4, -0.2) is 30.8 Å². The Morgan fingerprint density at radius 3 is 2.45 bits per heavy atom. The van der Waals surface area contributed by atoms with Crippen molar-refractivity contribution in [2.45, 2.75) is 44.9 Å². The molecule has 0 radical (unpaired) electrons. The van der Waals surface area contributed by atoms with E-state index in [0.717, 1.165) is 39.0 Å². The SMILES string of the molecule is O=C(CC12CC3CC(CC(C3)C1)C2)NC(=S)Nc1ccc(-c2nn3cnnc3s2)cc1. The summed E-state index contributed by atoms with van der Waals surface area (Å²) in [5.74, 6) is 2.60. The fourth-order valence-corrected chi connectivity index (χ4v) is 7.61. The minimum Gasteiger partial charge on any atom is -0.332 e. The second-order valence-electron chi connectivity index (χ2n) is 9.64. The lowest BCUT2D eigenvalue weighted by molar-refractivity contribution is -0.127. The summed E-state index contributed by atoms with van der Waals surface area (Å²) in [5, 5.41) is 19.6. The van der Waals surface area contributed by atoms with E-state index in [1.54, 1.807) is 10.8 Å². The number of anilines is 1. The zero-order valence-electron chi connectivity index (χ0n) is 17.1. The van der Waals surface area contributed by atoms with Gasteiger partial charge in [-0.1, -0.05) is 11.3 Å². The van der Waals surface area contributed by atoms with Gasteiger partial charge in [0.15, 0.2) is 5.11 Å². The quantitative estimate of drug-likeness (QED) is 0.575. The molecule has 160 valence electrons. The van der Waals surface area contributed by atoms with Gasteiger partial charge in [0.05, 0.1) is 0 Å². The summed E-state index contributed by atoms with van der Waals surface area (Å²) >= 11 is 6.89. The van der Waals surface area contributed by atoms with E-state index in [0.29, 0.717) is 11.5 Å². The number of aromatic nitrogens is 4. The summed E-state index contributed by atoms with van der Waals surface area (Å²) in [5.41, 5.74) is 2.06. The largest absolute Gasteiger partial charge is 0.332 e. The zero-order valence-corrected chi connectivity index (χ0v) is 18.7. The second-order valence-corrected chi connectivity index (χ2v) is 11.0. The van der Waals surface area contributed by atoms with Crippen LogP contribution in [0.1, 0.15) is 44.9 Å². The van der Waals surface area contributed by atoms with Gasteiger partial charge < -0.3 is 10.6 Å². The Bertz CT molecular complexity index is 1090. The van der Waals surface area contributed by atoms with Crippen LogP contribution in [0, 0.1) is 23.2 Å². The maximum atomic E-state index is 12.8. The van der Waals surface area contributed by atoms with Crippen LogP contribution in [0.15, 0.2) is 30.6 Å². The predicted octanol–water partition coefficient (Wildman–Crippen LogP) is 4.27. The van der Waals surface area contributed by atoms with Crippen molar-refractivity contribution in [1.82, 2.24) is 25.1 Å². The lowest BCUT2D eigenvalue weighted by Gasteiger charge is -2.56. The van der Waals surface area contributed by atoms with E-state index in [1.165, 1.54) is 49.9 Å². The van der Waals surface area contributed by atoms with Crippen LogP contribution in [0.5, 0.6) is 0 Å². The zero-order chi connectivity index (χ0) is 21.0. The number of carbonyl (C=O) groups excluding carboxylic acids is 1. The van der Waals surface area contributed by atoms with E-state index in [1.807, 2.05) is 24.3 Å². The highest BCUT2D eigenvalue weighted by Gasteiger charge is 2.51. The summed E-state index contributed by atoms with van der Waals surface area (Å²) in [6, 6.07) is 7.84. The van der Waals surface area contributed by atoms with Gasteiger partial charge in [0.25, 0.3) is 0 Å². The molecule has 4 fully saturated rings. The van der Waals surface area contributed by atoms with Crippen LogP contribution in [0.4, 0.5) is 5.69 Å². The minimum absolute atomic E-state index is 0.0517. The molecule has 31 heavy (non-hydrogen) atoms. The van der Waals surface area contributed by atoms with E-state index in [9.17, 15) is 4.79 Å². The van der Waals surface area contributed by atoms with Crippen molar-refractivity contribution < 1.29 is 4.79 Å². The van der Waals surface area contributed by atoms with E-state index in [-0.39, 0.29) is 11.3 Å². The Hall–Kier alpha value is -2.39. The standard InChI is InChI=1S/C22H24N6OS2/c29-18(11-22-8-13-5-14(9-22)7-15(6-13)10-22)25-20(30)24-17-3-1-16(2-4-17)19-27-28-12-23-26-21(28)31-19/h1-4,12-15H,5-11H2,(H2,24,25,29,30). The number of hydrogen-bond acceptors (Lipinski definition) is 6. The molecule has 0 atom stereocenters. The van der Waals surface area contributed by atoms with E-state index in [2.05, 4.69) is 25.9 Å². The lowest BCUT2D eigenvalue weighted by atomic mass is 9.49. The summed E-state index contributed by atoms with van der Waals surface area (Å²) in [4.78, 5) is 13.5. The molecule has 9 heteroatoms. The molecule has 0 spiro atoms. The first-order valence-electron chi connectivity index (χ1n) is 10.9. The average molecular weight is 453 g/mol. The number of benzene rings is 1. The van der Waals surface area contributed by atoms with Gasteiger partial charge in [0, 0.05) is 17.7 Å². The van der Waals surface area contributed by atoms with Crippen molar-refractivity contribution >= 4 is 45.2 Å². The van der Waals surface area contributed by atoms with Crippen molar-refractivity contribution in [2.24, 2.45) is 23.2 Å². The van der Waals surface area contributed by atoms with Gasteiger partial charge in [-0.05, 0) is 98.2 Å². The monoisotopic (exact) mass is 452 g/mol. The molecule has 2 N–H and O–H groups in total. The van der Waals surface area contributed by atoms with Crippen LogP contribution in [0.3, 0.4) is 0 Å². The molecule has 7 nitrogen and oxygen atoms in total. The molecule has 0 aliphatic heterocycles. The molecule has 1 aromatic carbocycles. The van der Waals surface area contributed by atoms with Crippen molar-refractivity contribution in [3.63, 3.8) is 0 Å². The third kappa shape index (κ3) is 3.74. The van der Waals surface area contributed by atoms with Crippen LogP contribution < -0.4 is 10.6 Å². The molecule has 2 aromatic heterocycles. The minimum atomic E-state index is 0.0517. The third-order valence-electron chi connectivity index (χ3n) is 7.23. The second kappa shape index (κ2) is 7.34. The predicted molar refractivity (Wildman–Crippen MR) is 124 cm³/mol. The topological polar surface area (TPSA) is 84.2 Å². The smallest absolute Gasteiger partial charge is 0.234 e. The number of fused-ring (bicyclic) bond motifs is 1. The van der Waals surface area contributed by atoms with E-state index < -0.39 is 0 Å². The van der Waals surface area contributed by atoms with Crippen molar-refractivity contribution in [1.29, 1.82) is 0 Å². The number of hydrogen-bond donors (Lipinski definition) is 2. The number of thiocarbonyl (C=S) groups is 1. The van der Waals surface area contributed by atoms with Gasteiger partial charge in [0.1, 0.15) is 11.3 Å². The fourth-order valence-electron chi connectivity index (χ4n) is 6.55. The number of carbonyl (C=O) groups is 1. The molecule has 1 amide bonds. The first-order chi connectivity index (χ1) is 15.0. The highest BCUT2D eigenvalue weighted by Crippen LogP contribution is 2.61. The van der Waals surface area contributed by atoms with Crippen LogP contribution >= 0.6 is 23.6 Å². The van der Waals surface area contributed by atoms with Gasteiger partial charge in [-0.15, -0.1) is 10.2 Å². The normalized spacial score (nSPS) is 28.7. The summed E-state index contributed by atoms with van der Waals surface area (Å²) in [6.07, 6.45) is 10.1. The Kier molecular flexibility index (Phi) is 4.57. The highest BCUT2D eigenvalue weighted by atomic mass is 32.1. The Labute approximate surface area is 189 Å². The molecule has 4 aliphatic carbocycles. The van der Waals surface area contributed by atoms with Gasteiger partial charge in [0.2, 0.25) is 10.9 Å². The van der Waals surface area contributed by atoms with E-state index in [4.69, 9.17) is 12.2 Å². The van der Waals surface area contributed by atoms with Crippen LogP contribution in [0.25, 0.3) is 15.5 Å². The van der Waals surface area contributed by atoms with Crippen molar-refractivity contribution in [2.75, 3.05) is 5.32 Å². The highest BCUT2D eigenvalue weighted by molar-refractivity contribution is 7.80. The Morgan fingerprint density at radius 2 is 1.81 bits per heavy atom. The number of amides is 1. The molecule has 3 aromatic rings. The summed E-state index contributed by atoms with van der Waals surface area (Å²) in [6.45, 7) is 0. The molecule has 2 heterocycles. The summed E-state index contributed by atoms with van der Waals surface area (Å²) < 4.78 is 1.67. The summed E-state index contributed by atoms with van der Waals surface area (Å²) in [7, 11) is 0. The first kappa shape index (κ1) is 19.3. The molecular formula is C22H24N6OS2. The maximum absolute atomic E-state index is 12.8. The average Bonchev–Trinajstić information content (AvgIpc) is 3.29. The molecular weight excluding hydrogens is 428 g/mol. The van der Waals surface area contributed by atoms with Crippen LogP contribution in [-0.2, 0) is 4.79 Å². The van der Waals surface area contributed by atoms with Gasteiger partial charge in [-0.3, -0.25) is 4.79 Å². The third-order valence-corrected chi connectivity index (χ3v) is 8.40. The van der Waals surface area contributed by atoms with Gasteiger partial charge >= 0.3 is 0 Å². The molecule has 0 unspecified atom stereocenters. The van der Waals surface area contributed by atoms with Crippen LogP contribution in [0.2, 0.25) is 0 Å². The first-order valence-corrected chi connectivity index (χ1v) is 12.1. The Balaban J connectivity index is 1.06. The molecule has 7 rings (SSSR count). The van der Waals surface area contributed by atoms with E-state index >= 15 is 0 Å². The lowest BCUT2D eigenvalue weighted by Crippen LogP contribution is -2.48. The molecule has 4 aliphatic rings. The number of nitrogens with one attached hydrogen (secondary N) is 2.